The number of ether oxygens (including phenoxy) is 3. The summed E-state index contributed by atoms with van der Waals surface area (Å²) in [4.78, 5) is 8.51. The average Bonchev–Trinajstić information content (AvgIpc) is 2.71. The zero-order chi connectivity index (χ0) is 20.2. The van der Waals surface area contributed by atoms with Gasteiger partial charge in [-0.2, -0.15) is 0 Å². The molecule has 1 heterocycles. The smallest absolute Gasteiger partial charge is 0.218 e. The van der Waals surface area contributed by atoms with Gasteiger partial charge in [0.25, 0.3) is 0 Å². The zero-order valence-corrected chi connectivity index (χ0v) is 17.2. The number of hydrogen-bond acceptors (Lipinski definition) is 5. The van der Waals surface area contributed by atoms with Gasteiger partial charge in [0, 0.05) is 37.5 Å². The largest absolute Gasteiger partial charge is 0.489 e. The summed E-state index contributed by atoms with van der Waals surface area (Å²) in [5.74, 6) is 2.02. The molecule has 28 heavy (non-hydrogen) atoms. The van der Waals surface area contributed by atoms with Crippen LogP contribution in [0, 0.1) is 0 Å². The summed E-state index contributed by atoms with van der Waals surface area (Å²) in [5, 5.41) is 7.19. The number of nitrogens with zero attached hydrogens (tertiary/aromatic N) is 2. The van der Waals surface area contributed by atoms with Crippen LogP contribution < -0.4 is 20.1 Å². The Labute approximate surface area is 171 Å². The Morgan fingerprint density at radius 3 is 2.68 bits per heavy atom. The Balaban J connectivity index is 1.80. The zero-order valence-electron chi connectivity index (χ0n) is 16.4. The number of aromatic nitrogens is 1. The van der Waals surface area contributed by atoms with Crippen LogP contribution in [-0.2, 0) is 11.3 Å². The van der Waals surface area contributed by atoms with Crippen molar-refractivity contribution in [1.82, 2.24) is 15.6 Å². The van der Waals surface area contributed by atoms with Gasteiger partial charge in [0.1, 0.15) is 18.5 Å². The topological polar surface area (TPSA) is 77.0 Å². The molecule has 1 aromatic heterocycles. The van der Waals surface area contributed by atoms with Crippen LogP contribution in [0.4, 0.5) is 0 Å². The van der Waals surface area contributed by atoms with Crippen molar-refractivity contribution in [3.05, 3.63) is 53.2 Å². The maximum Gasteiger partial charge on any atom is 0.218 e. The van der Waals surface area contributed by atoms with Gasteiger partial charge in [0.15, 0.2) is 5.96 Å². The Morgan fingerprint density at radius 2 is 1.96 bits per heavy atom. The number of aliphatic imine (C=N–C) groups is 1. The van der Waals surface area contributed by atoms with Crippen molar-refractivity contribution in [2.75, 3.05) is 33.9 Å². The van der Waals surface area contributed by atoms with E-state index in [1.54, 1.807) is 32.5 Å². The van der Waals surface area contributed by atoms with Crippen LogP contribution in [0.5, 0.6) is 11.6 Å². The minimum Gasteiger partial charge on any atom is -0.489 e. The van der Waals surface area contributed by atoms with E-state index in [0.29, 0.717) is 43.2 Å². The highest BCUT2D eigenvalue weighted by Gasteiger charge is 2.08. The van der Waals surface area contributed by atoms with Crippen molar-refractivity contribution in [1.29, 1.82) is 0 Å². The molecule has 0 amide bonds. The number of nitrogens with one attached hydrogen (secondary N) is 2. The van der Waals surface area contributed by atoms with Gasteiger partial charge in [-0.05, 0) is 37.3 Å². The number of pyridine rings is 1. The highest BCUT2D eigenvalue weighted by atomic mass is 35.5. The molecule has 2 rings (SSSR count). The van der Waals surface area contributed by atoms with Crippen LogP contribution in [0.3, 0.4) is 0 Å². The monoisotopic (exact) mass is 406 g/mol. The van der Waals surface area contributed by atoms with Crippen LogP contribution in [0.1, 0.15) is 12.5 Å². The average molecular weight is 407 g/mol. The molecule has 2 aromatic rings. The van der Waals surface area contributed by atoms with Gasteiger partial charge in [0.05, 0.1) is 13.2 Å². The molecule has 2 N–H and O–H groups in total. The fourth-order valence-electron chi connectivity index (χ4n) is 2.34. The van der Waals surface area contributed by atoms with Crippen molar-refractivity contribution >= 4 is 17.6 Å². The van der Waals surface area contributed by atoms with Gasteiger partial charge in [-0.15, -0.1) is 0 Å². The number of methoxy groups -OCH3 is 1. The van der Waals surface area contributed by atoms with E-state index >= 15 is 0 Å². The quantitative estimate of drug-likeness (QED) is 0.359. The molecule has 0 fully saturated rings. The number of hydrogen-bond donors (Lipinski definition) is 2. The second kappa shape index (κ2) is 12.0. The summed E-state index contributed by atoms with van der Waals surface area (Å²) in [7, 11) is 3.36. The van der Waals surface area contributed by atoms with Crippen molar-refractivity contribution in [2.45, 2.75) is 19.6 Å². The molecule has 0 aliphatic rings. The van der Waals surface area contributed by atoms with E-state index in [2.05, 4.69) is 20.6 Å². The molecule has 0 aliphatic heterocycles. The minimum absolute atomic E-state index is 0.0499. The van der Waals surface area contributed by atoms with E-state index in [1.165, 1.54) is 0 Å². The van der Waals surface area contributed by atoms with Gasteiger partial charge in [-0.3, -0.25) is 4.99 Å². The summed E-state index contributed by atoms with van der Waals surface area (Å²) < 4.78 is 16.5. The van der Waals surface area contributed by atoms with Crippen LogP contribution >= 0.6 is 11.6 Å². The van der Waals surface area contributed by atoms with E-state index in [-0.39, 0.29) is 6.10 Å². The molecule has 152 valence electrons. The maximum atomic E-state index is 5.89. The first kappa shape index (κ1) is 21.8. The third kappa shape index (κ3) is 7.62. The van der Waals surface area contributed by atoms with E-state index in [4.69, 9.17) is 25.8 Å². The fourth-order valence-corrected chi connectivity index (χ4v) is 2.46. The Kier molecular flexibility index (Phi) is 9.37. The fraction of sp³-hybridized carbons (Fsp3) is 0.400. The Morgan fingerprint density at radius 1 is 1.18 bits per heavy atom. The molecular formula is C20H27ClN4O3. The number of benzene rings is 1. The van der Waals surface area contributed by atoms with E-state index in [0.717, 1.165) is 11.3 Å². The van der Waals surface area contributed by atoms with Gasteiger partial charge >= 0.3 is 0 Å². The summed E-state index contributed by atoms with van der Waals surface area (Å²) in [6, 6.07) is 11.1. The molecule has 0 spiro atoms. The molecule has 0 saturated carbocycles. The molecule has 8 heteroatoms. The van der Waals surface area contributed by atoms with Crippen LogP contribution in [0.2, 0.25) is 5.02 Å². The van der Waals surface area contributed by atoms with E-state index < -0.39 is 0 Å². The number of rotatable bonds is 10. The van der Waals surface area contributed by atoms with Gasteiger partial charge in [0.2, 0.25) is 5.88 Å². The molecule has 1 atom stereocenters. The van der Waals surface area contributed by atoms with Gasteiger partial charge in [-0.25, -0.2) is 4.98 Å². The standard InChI is InChI=1S/C20H27ClN4O3/c1-15(28-18-8-6-17(21)7-9-18)13-24-20(22-2)25-14-16-5-4-10-23-19(16)27-12-11-26-3/h4-10,15H,11-14H2,1-3H3,(H2,22,24,25). The first-order valence-electron chi connectivity index (χ1n) is 9.04. The lowest BCUT2D eigenvalue weighted by atomic mass is 10.2. The molecule has 0 aliphatic carbocycles. The number of guanidine groups is 1. The lowest BCUT2D eigenvalue weighted by Gasteiger charge is -2.18. The van der Waals surface area contributed by atoms with Crippen LogP contribution in [-0.4, -0.2) is 51.0 Å². The van der Waals surface area contributed by atoms with Crippen molar-refractivity contribution in [3.63, 3.8) is 0 Å². The summed E-state index contributed by atoms with van der Waals surface area (Å²) in [6.07, 6.45) is 1.65. The molecule has 1 aromatic carbocycles. The first-order valence-corrected chi connectivity index (χ1v) is 9.42. The predicted molar refractivity (Wildman–Crippen MR) is 111 cm³/mol. The molecule has 1 unspecified atom stereocenters. The summed E-state index contributed by atoms with van der Waals surface area (Å²) in [5.41, 5.74) is 0.937. The highest BCUT2D eigenvalue weighted by molar-refractivity contribution is 6.30. The van der Waals surface area contributed by atoms with E-state index in [1.807, 2.05) is 31.2 Å². The lowest BCUT2D eigenvalue weighted by molar-refractivity contribution is 0.143. The SMILES string of the molecule is CN=C(NCc1cccnc1OCCOC)NCC(C)Oc1ccc(Cl)cc1. The van der Waals surface area contributed by atoms with Gasteiger partial charge < -0.3 is 24.8 Å². The van der Waals surface area contributed by atoms with Crippen molar-refractivity contribution in [3.8, 4) is 11.6 Å². The minimum atomic E-state index is -0.0499. The summed E-state index contributed by atoms with van der Waals surface area (Å²) >= 11 is 5.89. The highest BCUT2D eigenvalue weighted by Crippen LogP contribution is 2.16. The maximum absolute atomic E-state index is 5.89. The second-order valence-corrected chi connectivity index (χ2v) is 6.43. The van der Waals surface area contributed by atoms with Crippen LogP contribution in [0.25, 0.3) is 0 Å². The molecular weight excluding hydrogens is 380 g/mol. The normalized spacial score (nSPS) is 12.4. The molecule has 0 saturated heterocycles. The Bertz CT molecular complexity index is 740. The predicted octanol–water partition coefficient (Wildman–Crippen LogP) is 2.89. The van der Waals surface area contributed by atoms with Crippen molar-refractivity contribution < 1.29 is 14.2 Å². The third-order valence-electron chi connectivity index (χ3n) is 3.75. The Hall–Kier alpha value is -2.51. The van der Waals surface area contributed by atoms with Crippen molar-refractivity contribution in [2.24, 2.45) is 4.99 Å². The number of halogens is 1. The lowest BCUT2D eigenvalue weighted by Crippen LogP contribution is -2.41. The summed E-state index contributed by atoms with van der Waals surface area (Å²) in [6.45, 7) is 4.07. The van der Waals surface area contributed by atoms with Gasteiger partial charge in [-0.1, -0.05) is 17.7 Å². The third-order valence-corrected chi connectivity index (χ3v) is 4.01. The first-order chi connectivity index (χ1) is 13.6. The van der Waals surface area contributed by atoms with Crippen LogP contribution in [0.15, 0.2) is 47.6 Å². The second-order valence-electron chi connectivity index (χ2n) is 6.00. The molecule has 7 nitrogen and oxygen atoms in total. The molecule has 0 bridgehead atoms. The molecule has 0 radical (unpaired) electrons. The van der Waals surface area contributed by atoms with E-state index in [9.17, 15) is 0 Å².